The minimum atomic E-state index is -1.08. The Balaban J connectivity index is 0. The fourth-order valence-electron chi connectivity index (χ4n) is 2.22. The number of ether oxygens (including phenoxy) is 2. The van der Waals surface area contributed by atoms with E-state index in [9.17, 15) is 29.8 Å². The van der Waals surface area contributed by atoms with Gasteiger partial charge in [0.05, 0.1) is 26.1 Å². The van der Waals surface area contributed by atoms with Gasteiger partial charge in [0, 0.05) is 50.4 Å². The molecule has 1 unspecified atom stereocenters. The fourth-order valence-corrected chi connectivity index (χ4v) is 2.22. The van der Waals surface area contributed by atoms with E-state index in [1.54, 1.807) is 13.8 Å². The van der Waals surface area contributed by atoms with Crippen LogP contribution in [0.1, 0.15) is 54.4 Å². The molecule has 0 N–H and O–H groups in total. The summed E-state index contributed by atoms with van der Waals surface area (Å²) in [6.07, 6.45) is 0.374. The van der Waals surface area contributed by atoms with Gasteiger partial charge in [-0.05, 0) is 0 Å². The lowest BCUT2D eigenvalue weighted by Gasteiger charge is -2.18. The Bertz CT molecular complexity index is 470. The molecule has 0 aliphatic rings. The first-order valence-electron chi connectivity index (χ1n) is 8.07. The zero-order valence-corrected chi connectivity index (χ0v) is 16.7. The van der Waals surface area contributed by atoms with Crippen molar-refractivity contribution in [2.24, 2.45) is 11.8 Å². The Hall–Kier alpha value is -2.26. The van der Waals surface area contributed by atoms with Crippen LogP contribution in [0.3, 0.4) is 0 Å². The van der Waals surface area contributed by atoms with Gasteiger partial charge in [-0.25, -0.2) is 0 Å². The molecule has 0 spiro atoms. The lowest BCUT2D eigenvalue weighted by atomic mass is 9.92. The molecule has 0 fully saturated rings. The quantitative estimate of drug-likeness (QED) is 0.356. The maximum atomic E-state index is 11.0. The van der Waals surface area contributed by atoms with Gasteiger partial charge in [-0.1, -0.05) is 13.8 Å². The van der Waals surface area contributed by atoms with Crippen molar-refractivity contribution in [3.63, 3.8) is 0 Å². The van der Waals surface area contributed by atoms with Gasteiger partial charge >= 0.3 is 11.9 Å². The second-order valence-electron chi connectivity index (χ2n) is 7.40. The van der Waals surface area contributed by atoms with Crippen molar-refractivity contribution in [3.05, 3.63) is 20.2 Å². The molecule has 0 heterocycles. The van der Waals surface area contributed by atoms with Crippen molar-refractivity contribution in [1.82, 2.24) is 0 Å². The van der Waals surface area contributed by atoms with Gasteiger partial charge in [0.15, 0.2) is 0 Å². The molecule has 0 aliphatic heterocycles. The minimum Gasteiger partial charge on any atom is -0.469 e. The van der Waals surface area contributed by atoms with Gasteiger partial charge in [-0.15, -0.1) is 0 Å². The summed E-state index contributed by atoms with van der Waals surface area (Å²) in [5, 5.41) is 21.0. The number of hydrogen-bond donors (Lipinski definition) is 0. The Kier molecular flexibility index (Phi) is 10.7. The van der Waals surface area contributed by atoms with Gasteiger partial charge < -0.3 is 9.47 Å². The van der Waals surface area contributed by atoms with E-state index in [2.05, 4.69) is 9.47 Å². The lowest BCUT2D eigenvalue weighted by molar-refractivity contribution is -0.562. The number of hydrogen-bond acceptors (Lipinski definition) is 8. The highest BCUT2D eigenvalue weighted by atomic mass is 16.6. The largest absolute Gasteiger partial charge is 0.469 e. The Morgan fingerprint density at radius 2 is 1.04 bits per heavy atom. The number of carbonyl (C=O) groups excluding carboxylic acids is 2. The molecule has 152 valence electrons. The van der Waals surface area contributed by atoms with Crippen LogP contribution in [0.4, 0.5) is 0 Å². The summed E-state index contributed by atoms with van der Waals surface area (Å²) >= 11 is 0. The van der Waals surface area contributed by atoms with Crippen molar-refractivity contribution in [2.45, 2.75) is 65.5 Å². The molecule has 0 radical (unpaired) electrons. The van der Waals surface area contributed by atoms with Crippen LogP contribution in [-0.2, 0) is 19.1 Å². The standard InChI is InChI=1S/2C8H15NO4/c2*1-6(7(10)13-4)5-8(2,3)9(11)12/h2*6H,5H2,1-4H3/t6-;/m0./s1. The third-order valence-electron chi connectivity index (χ3n) is 3.81. The predicted molar refractivity (Wildman–Crippen MR) is 93.7 cm³/mol. The smallest absolute Gasteiger partial charge is 0.308 e. The SMILES string of the molecule is COC(=O)C(C)CC(C)(C)[N+](=O)[O-].COC(=O)[C@@H](C)CC(C)(C)[N+](=O)[O-]. The van der Waals surface area contributed by atoms with E-state index in [-0.39, 0.29) is 22.7 Å². The summed E-state index contributed by atoms with van der Waals surface area (Å²) in [7, 11) is 2.55. The highest BCUT2D eigenvalue weighted by molar-refractivity contribution is 5.72. The molecular formula is C16H30N2O8. The van der Waals surface area contributed by atoms with Gasteiger partial charge in [-0.2, -0.15) is 0 Å². The van der Waals surface area contributed by atoms with Crippen LogP contribution < -0.4 is 0 Å². The second kappa shape index (κ2) is 10.7. The molecule has 0 aromatic carbocycles. The van der Waals surface area contributed by atoms with Crippen molar-refractivity contribution in [3.8, 4) is 0 Å². The van der Waals surface area contributed by atoms with E-state index in [0.29, 0.717) is 0 Å². The molecule has 10 nitrogen and oxygen atoms in total. The number of carbonyl (C=O) groups is 2. The van der Waals surface area contributed by atoms with E-state index in [4.69, 9.17) is 0 Å². The molecule has 26 heavy (non-hydrogen) atoms. The van der Waals surface area contributed by atoms with Crippen LogP contribution in [0.5, 0.6) is 0 Å². The second-order valence-corrected chi connectivity index (χ2v) is 7.40. The summed E-state index contributed by atoms with van der Waals surface area (Å²) in [5.74, 6) is -1.69. The molecule has 0 amide bonds. The molecule has 0 saturated carbocycles. The molecule has 0 bridgehead atoms. The summed E-state index contributed by atoms with van der Waals surface area (Å²) in [6.45, 7) is 9.21. The normalized spacial score (nSPS) is 13.5. The number of rotatable bonds is 8. The maximum absolute atomic E-state index is 11.0. The first kappa shape index (κ1) is 26.0. The number of nitro groups is 2. The molecule has 0 aromatic rings. The Morgan fingerprint density at radius 1 is 0.808 bits per heavy atom. The Morgan fingerprint density at radius 3 is 1.19 bits per heavy atom. The summed E-state index contributed by atoms with van der Waals surface area (Å²) in [5.41, 5.74) is -2.15. The van der Waals surface area contributed by atoms with Crippen LogP contribution in [0.25, 0.3) is 0 Å². The highest BCUT2D eigenvalue weighted by Gasteiger charge is 2.36. The van der Waals surface area contributed by atoms with Crippen molar-refractivity contribution >= 4 is 11.9 Å². The van der Waals surface area contributed by atoms with E-state index in [1.165, 1.54) is 41.9 Å². The topological polar surface area (TPSA) is 139 Å². The van der Waals surface area contributed by atoms with Gasteiger partial charge in [0.25, 0.3) is 0 Å². The van der Waals surface area contributed by atoms with Gasteiger partial charge in [0.2, 0.25) is 11.1 Å². The Labute approximate surface area is 153 Å². The van der Waals surface area contributed by atoms with Crippen LogP contribution in [0.15, 0.2) is 0 Å². The predicted octanol–water partition coefficient (Wildman–Crippen LogP) is 2.48. The van der Waals surface area contributed by atoms with Crippen molar-refractivity contribution in [1.29, 1.82) is 0 Å². The van der Waals surface area contributed by atoms with Crippen LogP contribution >= 0.6 is 0 Å². The van der Waals surface area contributed by atoms with Crippen LogP contribution in [0, 0.1) is 32.1 Å². The third-order valence-corrected chi connectivity index (χ3v) is 3.81. The molecule has 10 heteroatoms. The zero-order valence-electron chi connectivity index (χ0n) is 16.7. The monoisotopic (exact) mass is 378 g/mol. The molecule has 0 saturated heterocycles. The average Bonchev–Trinajstić information content (AvgIpc) is 2.52. The van der Waals surface area contributed by atoms with E-state index in [0.717, 1.165) is 0 Å². The average molecular weight is 378 g/mol. The summed E-state index contributed by atoms with van der Waals surface area (Å²) in [6, 6.07) is 0. The maximum Gasteiger partial charge on any atom is 0.308 e. The molecular weight excluding hydrogens is 348 g/mol. The van der Waals surface area contributed by atoms with Crippen LogP contribution in [0.2, 0.25) is 0 Å². The fraction of sp³-hybridized carbons (Fsp3) is 0.875. The summed E-state index contributed by atoms with van der Waals surface area (Å²) < 4.78 is 8.95. The molecule has 0 rings (SSSR count). The molecule has 0 aromatic heterocycles. The van der Waals surface area contributed by atoms with Crippen molar-refractivity contribution in [2.75, 3.05) is 14.2 Å². The van der Waals surface area contributed by atoms with Gasteiger partial charge in [0.1, 0.15) is 0 Å². The van der Waals surface area contributed by atoms with Gasteiger partial charge in [-0.3, -0.25) is 29.8 Å². The van der Waals surface area contributed by atoms with Crippen LogP contribution in [-0.4, -0.2) is 47.1 Å². The zero-order chi connectivity index (χ0) is 21.3. The number of methoxy groups -OCH3 is 2. The van der Waals surface area contributed by atoms with E-state index < -0.39 is 34.9 Å². The van der Waals surface area contributed by atoms with E-state index >= 15 is 0 Å². The number of nitrogens with zero attached hydrogens (tertiary/aromatic N) is 2. The first-order valence-corrected chi connectivity index (χ1v) is 8.07. The minimum absolute atomic E-state index is 0.187. The highest BCUT2D eigenvalue weighted by Crippen LogP contribution is 2.21. The third kappa shape index (κ3) is 9.28. The van der Waals surface area contributed by atoms with Crippen molar-refractivity contribution < 1.29 is 28.9 Å². The first-order chi connectivity index (χ1) is 11.6. The molecule has 0 aliphatic carbocycles. The number of esters is 2. The summed E-state index contributed by atoms with van der Waals surface area (Å²) in [4.78, 5) is 42.2. The van der Waals surface area contributed by atoms with E-state index in [1.807, 2.05) is 0 Å². The lowest BCUT2D eigenvalue weighted by Crippen LogP contribution is -2.35. The molecule has 2 atom stereocenters.